The number of hydrogen-bond donors (Lipinski definition) is 2. The summed E-state index contributed by atoms with van der Waals surface area (Å²) in [5, 5.41) is -0.109. The average molecular weight is 241 g/mol. The number of aromatic nitrogens is 4. The highest BCUT2D eigenvalue weighted by Crippen LogP contribution is 2.18. The molecule has 0 radical (unpaired) electrons. The van der Waals surface area contributed by atoms with Gasteiger partial charge >= 0.3 is 0 Å². The van der Waals surface area contributed by atoms with Crippen LogP contribution in [0.5, 0.6) is 0 Å². The number of imidazole rings is 1. The number of nitrogens with zero attached hydrogens (tertiary/aromatic N) is 3. The lowest BCUT2D eigenvalue weighted by Gasteiger charge is -1.99. The summed E-state index contributed by atoms with van der Waals surface area (Å²) in [6.07, 6.45) is 1.72. The minimum absolute atomic E-state index is 0.0953. The molecular formula is C8H11N5O2S. The first-order chi connectivity index (χ1) is 7.41. The van der Waals surface area contributed by atoms with Crippen molar-refractivity contribution in [1.29, 1.82) is 0 Å². The van der Waals surface area contributed by atoms with Crippen molar-refractivity contribution in [2.45, 2.75) is 18.4 Å². The summed E-state index contributed by atoms with van der Waals surface area (Å²) >= 11 is 0. The number of rotatable bonds is 2. The van der Waals surface area contributed by atoms with Gasteiger partial charge in [-0.25, -0.2) is 13.4 Å². The van der Waals surface area contributed by atoms with Gasteiger partial charge in [-0.15, -0.1) is 0 Å². The number of nitrogens with two attached hydrogens (primary N) is 1. The zero-order valence-electron chi connectivity index (χ0n) is 8.85. The van der Waals surface area contributed by atoms with E-state index in [0.717, 1.165) is 6.26 Å². The molecule has 0 bridgehead atoms. The van der Waals surface area contributed by atoms with Crippen LogP contribution < -0.4 is 5.73 Å². The SMILES string of the molecule is CCc1nc2nc(N)nc(S(C)(=O)=O)c2[nH]1. The minimum atomic E-state index is -3.45. The number of aromatic amines is 1. The largest absolute Gasteiger partial charge is 0.368 e. The number of hydrogen-bond acceptors (Lipinski definition) is 6. The molecule has 2 aromatic rings. The zero-order valence-corrected chi connectivity index (χ0v) is 9.67. The van der Waals surface area contributed by atoms with Crippen molar-refractivity contribution in [3.8, 4) is 0 Å². The van der Waals surface area contributed by atoms with E-state index in [1.54, 1.807) is 0 Å². The average Bonchev–Trinajstić information content (AvgIpc) is 2.57. The molecule has 86 valence electrons. The Labute approximate surface area is 92.0 Å². The monoisotopic (exact) mass is 241 g/mol. The van der Waals surface area contributed by atoms with Gasteiger partial charge in [-0.05, 0) is 0 Å². The van der Waals surface area contributed by atoms with Crippen LogP contribution >= 0.6 is 0 Å². The third-order valence-electron chi connectivity index (χ3n) is 2.07. The fourth-order valence-electron chi connectivity index (χ4n) is 1.37. The first kappa shape index (κ1) is 10.8. The first-order valence-electron chi connectivity index (χ1n) is 4.64. The molecule has 2 rings (SSSR count). The maximum absolute atomic E-state index is 11.5. The quantitative estimate of drug-likeness (QED) is 0.709. The Morgan fingerprint density at radius 2 is 2.00 bits per heavy atom. The van der Waals surface area contributed by atoms with Crippen LogP contribution in [0.2, 0.25) is 0 Å². The van der Waals surface area contributed by atoms with Gasteiger partial charge in [0.2, 0.25) is 5.95 Å². The Morgan fingerprint density at radius 3 is 2.56 bits per heavy atom. The maximum Gasteiger partial charge on any atom is 0.223 e. The summed E-state index contributed by atoms with van der Waals surface area (Å²) in [7, 11) is -3.45. The molecule has 8 heteroatoms. The van der Waals surface area contributed by atoms with E-state index < -0.39 is 9.84 Å². The van der Waals surface area contributed by atoms with Gasteiger partial charge in [-0.1, -0.05) is 6.92 Å². The fraction of sp³-hybridized carbons (Fsp3) is 0.375. The lowest BCUT2D eigenvalue weighted by atomic mass is 10.5. The lowest BCUT2D eigenvalue weighted by molar-refractivity contribution is 0.599. The molecule has 2 heterocycles. The van der Waals surface area contributed by atoms with Gasteiger partial charge in [-0.3, -0.25) is 0 Å². The van der Waals surface area contributed by atoms with E-state index in [4.69, 9.17) is 5.73 Å². The number of aryl methyl sites for hydroxylation is 1. The summed E-state index contributed by atoms with van der Waals surface area (Å²) < 4.78 is 23.0. The van der Waals surface area contributed by atoms with Gasteiger partial charge in [-0.2, -0.15) is 9.97 Å². The Morgan fingerprint density at radius 1 is 1.31 bits per heavy atom. The normalized spacial score (nSPS) is 12.1. The molecule has 0 spiro atoms. The predicted octanol–water partition coefficient (Wildman–Crippen LogP) is -0.0990. The lowest BCUT2D eigenvalue weighted by Crippen LogP contribution is -2.06. The van der Waals surface area contributed by atoms with Crippen LogP contribution in [0.3, 0.4) is 0 Å². The van der Waals surface area contributed by atoms with Gasteiger partial charge in [0, 0.05) is 12.7 Å². The van der Waals surface area contributed by atoms with Crippen LogP contribution in [0.25, 0.3) is 11.2 Å². The van der Waals surface area contributed by atoms with Crippen LogP contribution in [0.4, 0.5) is 5.95 Å². The number of sulfone groups is 1. The van der Waals surface area contributed by atoms with E-state index in [1.807, 2.05) is 6.92 Å². The van der Waals surface area contributed by atoms with Crippen molar-refractivity contribution in [3.05, 3.63) is 5.82 Å². The molecule has 0 saturated heterocycles. The smallest absolute Gasteiger partial charge is 0.223 e. The highest BCUT2D eigenvalue weighted by Gasteiger charge is 2.18. The molecule has 0 fully saturated rings. The van der Waals surface area contributed by atoms with Crippen LogP contribution in [0, 0.1) is 0 Å². The molecule has 0 aliphatic carbocycles. The summed E-state index contributed by atoms with van der Waals surface area (Å²) in [5.41, 5.74) is 6.03. The number of anilines is 1. The van der Waals surface area contributed by atoms with E-state index in [2.05, 4.69) is 19.9 Å². The number of fused-ring (bicyclic) bond motifs is 1. The molecule has 16 heavy (non-hydrogen) atoms. The van der Waals surface area contributed by atoms with Crippen LogP contribution in [-0.2, 0) is 16.3 Å². The van der Waals surface area contributed by atoms with E-state index in [0.29, 0.717) is 17.8 Å². The number of H-pyrrole nitrogens is 1. The second-order valence-corrected chi connectivity index (χ2v) is 5.33. The minimum Gasteiger partial charge on any atom is -0.368 e. The summed E-state index contributed by atoms with van der Waals surface area (Å²) in [6.45, 7) is 1.90. The van der Waals surface area contributed by atoms with E-state index in [-0.39, 0.29) is 16.6 Å². The van der Waals surface area contributed by atoms with Crippen molar-refractivity contribution in [3.63, 3.8) is 0 Å². The Bertz CT molecular complexity index is 646. The molecule has 0 atom stereocenters. The third kappa shape index (κ3) is 1.71. The number of nitrogen functional groups attached to an aromatic ring is 1. The Balaban J connectivity index is 2.87. The van der Waals surface area contributed by atoms with Gasteiger partial charge in [0.25, 0.3) is 0 Å². The van der Waals surface area contributed by atoms with Crippen molar-refractivity contribution in [1.82, 2.24) is 19.9 Å². The van der Waals surface area contributed by atoms with Gasteiger partial charge in [0.15, 0.2) is 20.5 Å². The highest BCUT2D eigenvalue weighted by molar-refractivity contribution is 7.90. The predicted molar refractivity (Wildman–Crippen MR) is 58.6 cm³/mol. The molecule has 2 aromatic heterocycles. The molecule has 0 aliphatic rings. The summed E-state index contributed by atoms with van der Waals surface area (Å²) in [4.78, 5) is 14.6. The maximum atomic E-state index is 11.5. The molecule has 7 nitrogen and oxygen atoms in total. The Hall–Kier alpha value is -1.70. The van der Waals surface area contributed by atoms with Gasteiger partial charge in [0.1, 0.15) is 11.3 Å². The van der Waals surface area contributed by atoms with E-state index >= 15 is 0 Å². The van der Waals surface area contributed by atoms with Gasteiger partial charge in [0.05, 0.1) is 0 Å². The van der Waals surface area contributed by atoms with Crippen molar-refractivity contribution < 1.29 is 8.42 Å². The second kappa shape index (κ2) is 3.41. The third-order valence-corrected chi connectivity index (χ3v) is 3.07. The first-order valence-corrected chi connectivity index (χ1v) is 6.53. The van der Waals surface area contributed by atoms with Crippen molar-refractivity contribution in [2.75, 3.05) is 12.0 Å². The fourth-order valence-corrected chi connectivity index (χ4v) is 2.14. The summed E-state index contributed by atoms with van der Waals surface area (Å²) in [6, 6.07) is 0. The summed E-state index contributed by atoms with van der Waals surface area (Å²) in [5.74, 6) is 0.557. The van der Waals surface area contributed by atoms with E-state index in [9.17, 15) is 8.42 Å². The van der Waals surface area contributed by atoms with Crippen LogP contribution in [-0.4, -0.2) is 34.6 Å². The standard InChI is InChI=1S/C8H11N5O2S/c1-3-4-10-5-6(11-4)12-8(9)13-7(5)16(2,14)15/h3H2,1-2H3,(H3,9,10,11,12,13). The molecule has 0 unspecified atom stereocenters. The topological polar surface area (TPSA) is 115 Å². The van der Waals surface area contributed by atoms with Gasteiger partial charge < -0.3 is 10.7 Å². The van der Waals surface area contributed by atoms with Crippen molar-refractivity contribution in [2.24, 2.45) is 0 Å². The highest BCUT2D eigenvalue weighted by atomic mass is 32.2. The van der Waals surface area contributed by atoms with Crippen LogP contribution in [0.1, 0.15) is 12.7 Å². The zero-order chi connectivity index (χ0) is 11.9. The molecular weight excluding hydrogens is 230 g/mol. The molecule has 0 aromatic carbocycles. The molecule has 0 saturated carbocycles. The molecule has 0 amide bonds. The Kier molecular flexibility index (Phi) is 2.30. The molecule has 3 N–H and O–H groups in total. The number of nitrogens with one attached hydrogen (secondary N) is 1. The second-order valence-electron chi connectivity index (χ2n) is 3.39. The van der Waals surface area contributed by atoms with Crippen LogP contribution in [0.15, 0.2) is 5.03 Å². The van der Waals surface area contributed by atoms with E-state index in [1.165, 1.54) is 0 Å². The molecule has 0 aliphatic heterocycles. The van der Waals surface area contributed by atoms with Crippen molar-refractivity contribution >= 4 is 26.9 Å².